The van der Waals surface area contributed by atoms with E-state index in [0.717, 1.165) is 0 Å². The summed E-state index contributed by atoms with van der Waals surface area (Å²) < 4.78 is 17.7. The van der Waals surface area contributed by atoms with Crippen LogP contribution in [-0.2, 0) is 4.74 Å². The van der Waals surface area contributed by atoms with Crippen molar-refractivity contribution in [3.63, 3.8) is 0 Å². The molecule has 6 heteroatoms. The first-order valence-corrected chi connectivity index (χ1v) is 5.42. The first kappa shape index (κ1) is 13.7. The number of nitrogens with one attached hydrogen (secondary N) is 2. The highest BCUT2D eigenvalue weighted by Crippen LogP contribution is 2.19. The number of methoxy groups -OCH3 is 1. The van der Waals surface area contributed by atoms with Gasteiger partial charge in [-0.3, -0.25) is 0 Å². The van der Waals surface area contributed by atoms with Gasteiger partial charge in [0.05, 0.1) is 17.7 Å². The Hall–Kier alpha value is -1.33. The lowest BCUT2D eigenvalue weighted by Crippen LogP contribution is -2.38. The molecule has 17 heavy (non-hydrogen) atoms. The molecule has 94 valence electrons. The Morgan fingerprint density at radius 3 is 2.88 bits per heavy atom. The third-order valence-electron chi connectivity index (χ3n) is 1.97. The predicted molar refractivity (Wildman–Crippen MR) is 64.9 cm³/mol. The number of benzene rings is 1. The number of urea groups is 1. The predicted octanol–water partition coefficient (Wildman–Crippen LogP) is 2.64. The number of halogens is 2. The lowest BCUT2D eigenvalue weighted by molar-refractivity contribution is 0.173. The summed E-state index contributed by atoms with van der Waals surface area (Å²) >= 11 is 5.59. The van der Waals surface area contributed by atoms with E-state index in [2.05, 4.69) is 10.6 Å². The van der Waals surface area contributed by atoms with Gasteiger partial charge in [-0.2, -0.15) is 0 Å². The van der Waals surface area contributed by atoms with Gasteiger partial charge in [-0.05, 0) is 25.1 Å². The Bertz CT molecular complexity index is 401. The van der Waals surface area contributed by atoms with Gasteiger partial charge in [0.25, 0.3) is 0 Å². The first-order chi connectivity index (χ1) is 8.02. The van der Waals surface area contributed by atoms with Crippen LogP contribution in [-0.4, -0.2) is 25.8 Å². The van der Waals surface area contributed by atoms with Crippen molar-refractivity contribution in [2.24, 2.45) is 0 Å². The van der Waals surface area contributed by atoms with Gasteiger partial charge in [-0.15, -0.1) is 0 Å². The average molecular weight is 261 g/mol. The van der Waals surface area contributed by atoms with E-state index in [9.17, 15) is 9.18 Å². The normalized spacial score (nSPS) is 12.0. The number of amides is 2. The lowest BCUT2D eigenvalue weighted by atomic mass is 10.3. The average Bonchev–Trinajstić information content (AvgIpc) is 2.23. The van der Waals surface area contributed by atoms with Gasteiger partial charge < -0.3 is 15.4 Å². The third kappa shape index (κ3) is 4.58. The minimum Gasteiger partial charge on any atom is -0.383 e. The maximum atomic E-state index is 12.9. The molecule has 0 unspecified atom stereocenters. The van der Waals surface area contributed by atoms with Crippen LogP contribution in [0.25, 0.3) is 0 Å². The second-order valence-corrected chi connectivity index (χ2v) is 3.99. The first-order valence-electron chi connectivity index (χ1n) is 5.04. The van der Waals surface area contributed by atoms with Gasteiger partial charge in [-0.1, -0.05) is 11.6 Å². The molecular weight excluding hydrogens is 247 g/mol. The van der Waals surface area contributed by atoms with Crippen molar-refractivity contribution >= 4 is 23.3 Å². The van der Waals surface area contributed by atoms with E-state index in [1.54, 1.807) is 14.0 Å². The molecule has 2 N–H and O–H groups in total. The smallest absolute Gasteiger partial charge is 0.319 e. The van der Waals surface area contributed by atoms with Crippen LogP contribution in [0.4, 0.5) is 14.9 Å². The summed E-state index contributed by atoms with van der Waals surface area (Å²) in [5.41, 5.74) is 0.429. The van der Waals surface area contributed by atoms with Crippen molar-refractivity contribution in [3.8, 4) is 0 Å². The van der Waals surface area contributed by atoms with E-state index in [-0.39, 0.29) is 11.1 Å². The maximum absolute atomic E-state index is 12.9. The van der Waals surface area contributed by atoms with Crippen molar-refractivity contribution in [2.75, 3.05) is 19.0 Å². The van der Waals surface area contributed by atoms with Crippen LogP contribution >= 0.6 is 11.6 Å². The number of hydrogen-bond acceptors (Lipinski definition) is 2. The van der Waals surface area contributed by atoms with Crippen LogP contribution in [0.2, 0.25) is 5.02 Å². The molecule has 0 aromatic heterocycles. The van der Waals surface area contributed by atoms with Crippen molar-refractivity contribution in [2.45, 2.75) is 13.0 Å². The van der Waals surface area contributed by atoms with Gasteiger partial charge in [0.2, 0.25) is 0 Å². The van der Waals surface area contributed by atoms with Crippen LogP contribution in [0.15, 0.2) is 18.2 Å². The maximum Gasteiger partial charge on any atom is 0.319 e. The topological polar surface area (TPSA) is 50.4 Å². The largest absolute Gasteiger partial charge is 0.383 e. The van der Waals surface area contributed by atoms with Gasteiger partial charge >= 0.3 is 6.03 Å². The molecule has 0 heterocycles. The van der Waals surface area contributed by atoms with Crippen molar-refractivity contribution in [1.82, 2.24) is 5.32 Å². The zero-order valence-corrected chi connectivity index (χ0v) is 10.3. The fourth-order valence-corrected chi connectivity index (χ4v) is 1.44. The van der Waals surface area contributed by atoms with Gasteiger partial charge in [-0.25, -0.2) is 9.18 Å². The minimum atomic E-state index is -0.523. The highest BCUT2D eigenvalue weighted by Gasteiger charge is 2.08. The molecule has 0 saturated carbocycles. The number of ether oxygens (including phenoxy) is 1. The molecule has 0 radical (unpaired) electrons. The fourth-order valence-electron chi connectivity index (χ4n) is 1.26. The Balaban J connectivity index is 2.53. The summed E-state index contributed by atoms with van der Waals surface area (Å²) in [6, 6.07) is 3.46. The van der Waals surface area contributed by atoms with Crippen molar-refractivity contribution in [3.05, 3.63) is 29.0 Å². The zero-order valence-electron chi connectivity index (χ0n) is 9.59. The van der Waals surface area contributed by atoms with Gasteiger partial charge in [0, 0.05) is 12.8 Å². The summed E-state index contributed by atoms with van der Waals surface area (Å²) in [5, 5.41) is 5.16. The standard InChI is InChI=1S/C11H14ClFN2O2/c1-7(6-17-2)14-11(16)15-8-3-4-10(13)9(12)5-8/h3-5,7H,6H2,1-2H3,(H2,14,15,16)/t7-/m1/s1. The molecule has 1 aromatic carbocycles. The quantitative estimate of drug-likeness (QED) is 0.874. The second-order valence-electron chi connectivity index (χ2n) is 3.58. The summed E-state index contributed by atoms with van der Waals surface area (Å²) in [6.45, 7) is 2.22. The Kier molecular flexibility index (Phi) is 5.18. The third-order valence-corrected chi connectivity index (χ3v) is 2.26. The molecular formula is C11H14ClFN2O2. The number of carbonyl (C=O) groups is 1. The summed E-state index contributed by atoms with van der Waals surface area (Å²) in [7, 11) is 1.55. The Labute approximate surface area is 104 Å². The Morgan fingerprint density at radius 1 is 1.59 bits per heavy atom. The molecule has 0 bridgehead atoms. The van der Waals surface area contributed by atoms with Crippen molar-refractivity contribution < 1.29 is 13.9 Å². The fraction of sp³-hybridized carbons (Fsp3) is 0.364. The van der Waals surface area contributed by atoms with Crippen LogP contribution in [0.1, 0.15) is 6.92 Å². The molecule has 1 atom stereocenters. The number of rotatable bonds is 4. The molecule has 1 aromatic rings. The molecule has 1 rings (SSSR count). The second kappa shape index (κ2) is 6.42. The van der Waals surface area contributed by atoms with E-state index in [4.69, 9.17) is 16.3 Å². The Morgan fingerprint density at radius 2 is 2.29 bits per heavy atom. The number of carbonyl (C=O) groups excluding carboxylic acids is 1. The summed E-state index contributed by atoms with van der Waals surface area (Å²) in [4.78, 5) is 11.5. The molecule has 0 fully saturated rings. The number of anilines is 1. The number of hydrogen-bond donors (Lipinski definition) is 2. The van der Waals surface area contributed by atoms with Crippen molar-refractivity contribution in [1.29, 1.82) is 0 Å². The minimum absolute atomic E-state index is 0.0345. The molecule has 0 saturated heterocycles. The summed E-state index contributed by atoms with van der Waals surface area (Å²) in [6.07, 6.45) is 0. The molecule has 2 amide bonds. The lowest BCUT2D eigenvalue weighted by Gasteiger charge is -2.13. The molecule has 0 aliphatic rings. The van der Waals surface area contributed by atoms with E-state index < -0.39 is 11.8 Å². The zero-order chi connectivity index (χ0) is 12.8. The van der Waals surface area contributed by atoms with Gasteiger partial charge in [0.1, 0.15) is 5.82 Å². The van der Waals surface area contributed by atoms with Gasteiger partial charge in [0.15, 0.2) is 0 Å². The molecule has 4 nitrogen and oxygen atoms in total. The summed E-state index contributed by atoms with van der Waals surface area (Å²) in [5.74, 6) is -0.523. The highest BCUT2D eigenvalue weighted by molar-refractivity contribution is 6.31. The van der Waals surface area contributed by atoms with E-state index in [1.165, 1.54) is 18.2 Å². The molecule has 0 aliphatic carbocycles. The SMILES string of the molecule is COC[C@@H](C)NC(=O)Nc1ccc(F)c(Cl)c1. The molecule has 0 spiro atoms. The highest BCUT2D eigenvalue weighted by atomic mass is 35.5. The van der Waals surface area contributed by atoms with Crippen LogP contribution in [0.3, 0.4) is 0 Å². The van der Waals surface area contributed by atoms with E-state index in [0.29, 0.717) is 12.3 Å². The van der Waals surface area contributed by atoms with Crippen LogP contribution in [0, 0.1) is 5.82 Å². The van der Waals surface area contributed by atoms with E-state index in [1.807, 2.05) is 0 Å². The van der Waals surface area contributed by atoms with Crippen LogP contribution < -0.4 is 10.6 Å². The van der Waals surface area contributed by atoms with Crippen LogP contribution in [0.5, 0.6) is 0 Å². The van der Waals surface area contributed by atoms with E-state index >= 15 is 0 Å². The molecule has 0 aliphatic heterocycles. The monoisotopic (exact) mass is 260 g/mol.